The van der Waals surface area contributed by atoms with Crippen LogP contribution < -0.4 is 4.74 Å². The number of carbonyl (C=O) groups excluding carboxylic acids is 1. The average Bonchev–Trinajstić information content (AvgIpc) is 2.41. The average molecular weight is 279 g/mol. The molecule has 1 aromatic carbocycles. The van der Waals surface area contributed by atoms with Crippen molar-refractivity contribution in [2.45, 2.75) is 26.7 Å². The Morgan fingerprint density at radius 2 is 2.05 bits per heavy atom. The summed E-state index contributed by atoms with van der Waals surface area (Å²) in [5, 5.41) is 8.67. The Labute approximate surface area is 119 Å². The number of rotatable bonds is 7. The largest absolute Gasteiger partial charge is 0.496 e. The lowest BCUT2D eigenvalue weighted by Gasteiger charge is -2.20. The number of benzene rings is 1. The highest BCUT2D eigenvalue weighted by atomic mass is 16.5. The van der Waals surface area contributed by atoms with E-state index in [0.717, 1.165) is 16.9 Å². The van der Waals surface area contributed by atoms with Crippen molar-refractivity contribution in [2.24, 2.45) is 0 Å². The number of carboxylic acid groups (broad SMARTS) is 1. The summed E-state index contributed by atoms with van der Waals surface area (Å²) in [4.78, 5) is 24.3. The molecule has 1 rings (SSSR count). The van der Waals surface area contributed by atoms with Crippen molar-refractivity contribution >= 4 is 11.9 Å². The van der Waals surface area contributed by atoms with Gasteiger partial charge in [0.25, 0.3) is 0 Å². The summed E-state index contributed by atoms with van der Waals surface area (Å²) in [5.41, 5.74) is 1.88. The lowest BCUT2D eigenvalue weighted by atomic mass is 10.1. The number of likely N-dealkylation sites (N-methyl/N-ethyl adjacent to an activating group) is 1. The maximum absolute atomic E-state index is 12.1. The first-order valence-electron chi connectivity index (χ1n) is 6.61. The molecule has 1 N–H and O–H groups in total. The molecule has 0 atom stereocenters. The first kappa shape index (κ1) is 16.0. The number of methoxy groups -OCH3 is 1. The smallest absolute Gasteiger partial charge is 0.305 e. The molecule has 0 radical (unpaired) electrons. The van der Waals surface area contributed by atoms with Crippen LogP contribution in [-0.4, -0.2) is 42.1 Å². The molecule has 1 aromatic rings. The molecule has 0 saturated heterocycles. The highest BCUT2D eigenvalue weighted by Crippen LogP contribution is 2.19. The van der Waals surface area contributed by atoms with Gasteiger partial charge in [-0.2, -0.15) is 0 Å². The number of carbonyl (C=O) groups is 2. The van der Waals surface area contributed by atoms with Crippen LogP contribution in [0.25, 0.3) is 0 Å². The van der Waals surface area contributed by atoms with E-state index >= 15 is 0 Å². The van der Waals surface area contributed by atoms with Crippen LogP contribution >= 0.6 is 0 Å². The SMILES string of the molecule is CCN(CCC(=O)O)C(=O)Cc1ccc(C)c(OC)c1. The van der Waals surface area contributed by atoms with Crippen LogP contribution in [-0.2, 0) is 16.0 Å². The number of aryl methyl sites for hydroxylation is 1. The minimum Gasteiger partial charge on any atom is -0.496 e. The summed E-state index contributed by atoms with van der Waals surface area (Å²) in [6, 6.07) is 5.65. The fraction of sp³-hybridized carbons (Fsp3) is 0.467. The zero-order chi connectivity index (χ0) is 15.1. The van der Waals surface area contributed by atoms with Gasteiger partial charge < -0.3 is 14.7 Å². The predicted octanol–water partition coefficient (Wildman–Crippen LogP) is 1.87. The molecule has 0 aliphatic carbocycles. The number of aliphatic carboxylic acids is 1. The van der Waals surface area contributed by atoms with Crippen LogP contribution in [0.15, 0.2) is 18.2 Å². The summed E-state index contributed by atoms with van der Waals surface area (Å²) in [6.07, 6.45) is 0.223. The molecule has 0 unspecified atom stereocenters. The van der Waals surface area contributed by atoms with Crippen LogP contribution in [0.3, 0.4) is 0 Å². The van der Waals surface area contributed by atoms with Crippen LogP contribution in [0.1, 0.15) is 24.5 Å². The molecule has 0 aromatic heterocycles. The first-order chi connectivity index (χ1) is 9.47. The summed E-state index contributed by atoms with van der Waals surface area (Å²) in [7, 11) is 1.60. The first-order valence-corrected chi connectivity index (χ1v) is 6.61. The van der Waals surface area contributed by atoms with Gasteiger partial charge in [0.15, 0.2) is 0 Å². The third-order valence-electron chi connectivity index (χ3n) is 3.16. The number of amides is 1. The number of nitrogens with zero attached hydrogens (tertiary/aromatic N) is 1. The van der Waals surface area contributed by atoms with Crippen LogP contribution in [0.2, 0.25) is 0 Å². The molecule has 0 fully saturated rings. The molecule has 5 heteroatoms. The van der Waals surface area contributed by atoms with Gasteiger partial charge in [-0.25, -0.2) is 0 Å². The lowest BCUT2D eigenvalue weighted by molar-refractivity contribution is -0.138. The zero-order valence-electron chi connectivity index (χ0n) is 12.2. The standard InChI is InChI=1S/C15H21NO4/c1-4-16(8-7-15(18)19)14(17)10-12-6-5-11(2)13(9-12)20-3/h5-6,9H,4,7-8,10H2,1-3H3,(H,18,19). The van der Waals surface area contributed by atoms with E-state index in [0.29, 0.717) is 6.54 Å². The predicted molar refractivity (Wildman–Crippen MR) is 75.9 cm³/mol. The molecular formula is C15H21NO4. The quantitative estimate of drug-likeness (QED) is 0.827. The van der Waals surface area contributed by atoms with E-state index in [9.17, 15) is 9.59 Å². The van der Waals surface area contributed by atoms with Crippen molar-refractivity contribution in [1.82, 2.24) is 4.90 Å². The Morgan fingerprint density at radius 3 is 2.60 bits per heavy atom. The van der Waals surface area contributed by atoms with Gasteiger partial charge in [-0.05, 0) is 31.0 Å². The molecule has 0 heterocycles. The van der Waals surface area contributed by atoms with E-state index in [1.165, 1.54) is 0 Å². The minimum absolute atomic E-state index is 0.0310. The zero-order valence-corrected chi connectivity index (χ0v) is 12.2. The molecule has 20 heavy (non-hydrogen) atoms. The van der Waals surface area contributed by atoms with Gasteiger partial charge in [0.2, 0.25) is 5.91 Å². The fourth-order valence-corrected chi connectivity index (χ4v) is 1.95. The minimum atomic E-state index is -0.895. The number of carboxylic acids is 1. The van der Waals surface area contributed by atoms with Gasteiger partial charge in [-0.1, -0.05) is 12.1 Å². The molecule has 110 valence electrons. The second-order valence-electron chi connectivity index (χ2n) is 4.60. The third-order valence-corrected chi connectivity index (χ3v) is 3.16. The van der Waals surface area contributed by atoms with Crippen LogP contribution in [0, 0.1) is 6.92 Å². The summed E-state index contributed by atoms with van der Waals surface area (Å²) < 4.78 is 5.23. The van der Waals surface area contributed by atoms with Crippen LogP contribution in [0.4, 0.5) is 0 Å². The Kier molecular flexibility index (Phi) is 6.03. The van der Waals surface area contributed by atoms with Gasteiger partial charge in [0.1, 0.15) is 5.75 Å². The van der Waals surface area contributed by atoms with Gasteiger partial charge in [0.05, 0.1) is 20.0 Å². The van der Waals surface area contributed by atoms with E-state index in [1.54, 1.807) is 12.0 Å². The number of hydrogen-bond donors (Lipinski definition) is 1. The fourth-order valence-electron chi connectivity index (χ4n) is 1.95. The van der Waals surface area contributed by atoms with E-state index in [1.807, 2.05) is 32.0 Å². The number of hydrogen-bond acceptors (Lipinski definition) is 3. The maximum Gasteiger partial charge on any atom is 0.305 e. The Hall–Kier alpha value is -2.04. The summed E-state index contributed by atoms with van der Waals surface area (Å²) in [6.45, 7) is 4.54. The molecule has 0 bridgehead atoms. The van der Waals surface area contributed by atoms with Gasteiger partial charge in [-0.3, -0.25) is 9.59 Å². The third kappa shape index (κ3) is 4.57. The number of ether oxygens (including phenoxy) is 1. The van der Waals surface area contributed by atoms with E-state index in [-0.39, 0.29) is 25.3 Å². The van der Waals surface area contributed by atoms with Crippen molar-refractivity contribution in [3.05, 3.63) is 29.3 Å². The topological polar surface area (TPSA) is 66.8 Å². The highest BCUT2D eigenvalue weighted by molar-refractivity contribution is 5.79. The Bertz CT molecular complexity index is 485. The van der Waals surface area contributed by atoms with Gasteiger partial charge in [0, 0.05) is 13.1 Å². The lowest BCUT2D eigenvalue weighted by Crippen LogP contribution is -2.34. The molecular weight excluding hydrogens is 258 g/mol. The molecule has 5 nitrogen and oxygen atoms in total. The van der Waals surface area contributed by atoms with Crippen molar-refractivity contribution < 1.29 is 19.4 Å². The van der Waals surface area contributed by atoms with Crippen molar-refractivity contribution in [1.29, 1.82) is 0 Å². The summed E-state index contributed by atoms with van der Waals surface area (Å²) in [5.74, 6) is -0.211. The highest BCUT2D eigenvalue weighted by Gasteiger charge is 2.14. The van der Waals surface area contributed by atoms with Crippen molar-refractivity contribution in [2.75, 3.05) is 20.2 Å². The normalized spacial score (nSPS) is 10.2. The van der Waals surface area contributed by atoms with E-state index < -0.39 is 5.97 Å². The summed E-state index contributed by atoms with van der Waals surface area (Å²) >= 11 is 0. The molecule has 1 amide bonds. The van der Waals surface area contributed by atoms with E-state index in [2.05, 4.69) is 0 Å². The van der Waals surface area contributed by atoms with E-state index in [4.69, 9.17) is 9.84 Å². The van der Waals surface area contributed by atoms with Crippen molar-refractivity contribution in [3.63, 3.8) is 0 Å². The van der Waals surface area contributed by atoms with Crippen molar-refractivity contribution in [3.8, 4) is 5.75 Å². The van der Waals surface area contributed by atoms with Gasteiger partial charge in [-0.15, -0.1) is 0 Å². The second-order valence-corrected chi connectivity index (χ2v) is 4.60. The molecule has 0 saturated carbocycles. The maximum atomic E-state index is 12.1. The van der Waals surface area contributed by atoms with Gasteiger partial charge >= 0.3 is 5.97 Å². The second kappa shape index (κ2) is 7.53. The molecule has 0 aliphatic rings. The Balaban J connectivity index is 2.70. The van der Waals surface area contributed by atoms with Crippen LogP contribution in [0.5, 0.6) is 5.75 Å². The Morgan fingerprint density at radius 1 is 1.35 bits per heavy atom. The molecule has 0 aliphatic heterocycles. The monoisotopic (exact) mass is 279 g/mol. The molecule has 0 spiro atoms.